The second-order valence-electron chi connectivity index (χ2n) is 1.61. The van der Waals surface area contributed by atoms with E-state index >= 15 is 0 Å². The third kappa shape index (κ3) is 12.5. The van der Waals surface area contributed by atoms with Gasteiger partial charge in [-0.3, -0.25) is 9.63 Å². The molecule has 0 saturated carbocycles. The Labute approximate surface area is 67.2 Å². The lowest BCUT2D eigenvalue weighted by Gasteiger charge is -2.08. The Morgan fingerprint density at radius 2 is 1.82 bits per heavy atom. The molecule has 0 aromatic heterocycles. The van der Waals surface area contributed by atoms with Gasteiger partial charge in [0.15, 0.2) is 0 Å². The third-order valence-corrected chi connectivity index (χ3v) is 0.921. The van der Waals surface area contributed by atoms with Crippen molar-refractivity contribution in [2.75, 3.05) is 28.3 Å². The van der Waals surface area contributed by atoms with Crippen LogP contribution in [0.3, 0.4) is 0 Å². The van der Waals surface area contributed by atoms with Crippen molar-refractivity contribution in [3.63, 3.8) is 0 Å². The maximum atomic E-state index is 10.2. The van der Waals surface area contributed by atoms with E-state index < -0.39 is 0 Å². The molecule has 0 aliphatic carbocycles. The number of hydroxylamine groups is 3. The number of carbonyl (C=O) groups is 1. The fourth-order valence-corrected chi connectivity index (χ4v) is 0.129. The highest BCUT2D eigenvalue weighted by molar-refractivity contribution is 5.71. The molecule has 0 aromatic carbocycles. The Morgan fingerprint density at radius 1 is 1.45 bits per heavy atom. The van der Waals surface area contributed by atoms with Crippen LogP contribution in [-0.2, 0) is 14.5 Å². The summed E-state index contributed by atoms with van der Waals surface area (Å²) in [6.07, 6.45) is 0. The molecule has 5 heteroatoms. The number of nitrogens with zero attached hydrogens (tertiary/aromatic N) is 1. The van der Waals surface area contributed by atoms with Gasteiger partial charge in [-0.2, -0.15) is 0 Å². The van der Waals surface area contributed by atoms with Crippen molar-refractivity contribution in [3.05, 3.63) is 0 Å². The lowest BCUT2D eigenvalue weighted by molar-refractivity contribution is -0.165. The highest BCUT2D eigenvalue weighted by Gasteiger charge is 1.94. The number of amides is 1. The largest absolute Gasteiger partial charge is 0.305 e. The summed E-state index contributed by atoms with van der Waals surface area (Å²) in [6.45, 7) is 1.43. The Morgan fingerprint density at radius 3 is 1.82 bits per heavy atom. The minimum atomic E-state index is -0.0949. The highest BCUT2D eigenvalue weighted by atomic mass is 16.7. The van der Waals surface area contributed by atoms with Gasteiger partial charge in [-0.05, 0) is 0 Å². The first-order chi connectivity index (χ1) is 5.09. The maximum absolute atomic E-state index is 10.2. The smallest absolute Gasteiger partial charge is 0.242 e. The second kappa shape index (κ2) is 9.35. The molecule has 0 rings (SSSR count). The maximum Gasteiger partial charge on any atom is 0.242 e. The summed E-state index contributed by atoms with van der Waals surface area (Å²) in [5, 5.41) is 1.15. The van der Waals surface area contributed by atoms with Gasteiger partial charge in [-0.15, -0.1) is 0 Å². The van der Waals surface area contributed by atoms with E-state index in [1.165, 1.54) is 14.0 Å². The lowest BCUT2D eigenvalue weighted by Crippen LogP contribution is -2.21. The van der Waals surface area contributed by atoms with Crippen molar-refractivity contribution in [1.29, 1.82) is 0 Å². The van der Waals surface area contributed by atoms with E-state index in [1.807, 2.05) is 0 Å². The van der Waals surface area contributed by atoms with Gasteiger partial charge in [-0.25, -0.2) is 10.5 Å². The molecule has 0 aromatic rings. The third-order valence-electron chi connectivity index (χ3n) is 0.921. The Hall–Kier alpha value is -0.650. The molecule has 0 spiro atoms. The van der Waals surface area contributed by atoms with Crippen molar-refractivity contribution in [2.45, 2.75) is 6.92 Å². The molecule has 0 bridgehead atoms. The van der Waals surface area contributed by atoms with E-state index in [2.05, 4.69) is 15.2 Å². The van der Waals surface area contributed by atoms with Crippen molar-refractivity contribution in [3.8, 4) is 0 Å². The average molecular weight is 164 g/mol. The van der Waals surface area contributed by atoms with Crippen LogP contribution in [0.4, 0.5) is 0 Å². The molecule has 0 aliphatic heterocycles. The lowest BCUT2D eigenvalue weighted by atomic mass is 10.7. The zero-order chi connectivity index (χ0) is 9.28. The zero-order valence-corrected chi connectivity index (χ0v) is 7.67. The number of hydrogen-bond donors (Lipinski definition) is 1. The minimum Gasteiger partial charge on any atom is -0.305 e. The van der Waals surface area contributed by atoms with Crippen LogP contribution in [0, 0.1) is 0 Å². The van der Waals surface area contributed by atoms with Crippen molar-refractivity contribution in [1.82, 2.24) is 10.5 Å². The molecule has 5 nitrogen and oxygen atoms in total. The Bertz CT molecular complexity index is 95.8. The molecule has 0 atom stereocenters. The molecular weight excluding hydrogens is 148 g/mol. The van der Waals surface area contributed by atoms with Gasteiger partial charge in [0.1, 0.15) is 0 Å². The predicted molar refractivity (Wildman–Crippen MR) is 41.5 cm³/mol. The number of carbonyl (C=O) groups excluding carboxylic acids is 1. The first-order valence-corrected chi connectivity index (χ1v) is 3.08. The highest BCUT2D eigenvalue weighted by Crippen LogP contribution is 1.78. The van der Waals surface area contributed by atoms with Crippen LogP contribution < -0.4 is 5.48 Å². The van der Waals surface area contributed by atoms with E-state index in [-0.39, 0.29) is 5.91 Å². The van der Waals surface area contributed by atoms with Gasteiger partial charge in [0.05, 0.1) is 14.2 Å². The van der Waals surface area contributed by atoms with Crippen molar-refractivity contribution >= 4 is 5.91 Å². The van der Waals surface area contributed by atoms with E-state index in [4.69, 9.17) is 0 Å². The van der Waals surface area contributed by atoms with Crippen molar-refractivity contribution in [2.24, 2.45) is 0 Å². The minimum absolute atomic E-state index is 0.0949. The van der Waals surface area contributed by atoms with Gasteiger partial charge >= 0.3 is 0 Å². The van der Waals surface area contributed by atoms with E-state index in [0.29, 0.717) is 0 Å². The van der Waals surface area contributed by atoms with Crippen LogP contribution in [0.15, 0.2) is 0 Å². The molecule has 0 heterocycles. The van der Waals surface area contributed by atoms with Crippen LogP contribution in [0.1, 0.15) is 6.92 Å². The SMILES string of the molecule is CNOC.CON(C)C(C)=O. The fraction of sp³-hybridized carbons (Fsp3) is 0.833. The summed E-state index contributed by atoms with van der Waals surface area (Å²) in [4.78, 5) is 19.0. The second-order valence-corrected chi connectivity index (χ2v) is 1.61. The van der Waals surface area contributed by atoms with Crippen LogP contribution in [-0.4, -0.2) is 39.3 Å². The standard InChI is InChI=1S/C4H9NO2.C2H7NO/c1-4(6)5(2)7-3;1-3-4-2/h1-3H3;3H,1-2H3. The Kier molecular flexibility index (Phi) is 11.0. The van der Waals surface area contributed by atoms with Crippen LogP contribution >= 0.6 is 0 Å². The molecule has 1 N–H and O–H groups in total. The normalized spacial score (nSPS) is 8.09. The van der Waals surface area contributed by atoms with E-state index in [0.717, 1.165) is 5.06 Å². The van der Waals surface area contributed by atoms with Gasteiger partial charge < -0.3 is 4.84 Å². The molecule has 0 unspecified atom stereocenters. The topological polar surface area (TPSA) is 50.8 Å². The molecule has 0 radical (unpaired) electrons. The summed E-state index contributed by atoms with van der Waals surface area (Å²) in [5.41, 5.74) is 2.43. The molecule has 0 saturated heterocycles. The van der Waals surface area contributed by atoms with Gasteiger partial charge in [0.25, 0.3) is 0 Å². The molecule has 1 amide bonds. The van der Waals surface area contributed by atoms with E-state index in [9.17, 15) is 4.79 Å². The van der Waals surface area contributed by atoms with Crippen LogP contribution in [0.5, 0.6) is 0 Å². The van der Waals surface area contributed by atoms with Crippen LogP contribution in [0.25, 0.3) is 0 Å². The number of nitrogens with one attached hydrogen (secondary N) is 1. The molecule has 11 heavy (non-hydrogen) atoms. The number of rotatable bonds is 2. The first kappa shape index (κ1) is 13.0. The summed E-state index contributed by atoms with van der Waals surface area (Å²) < 4.78 is 0. The molecular formula is C6H16N2O3. The molecule has 0 aliphatic rings. The fourth-order valence-electron chi connectivity index (χ4n) is 0.129. The summed E-state index contributed by atoms with van der Waals surface area (Å²) in [7, 11) is 6.28. The zero-order valence-electron chi connectivity index (χ0n) is 7.67. The summed E-state index contributed by atoms with van der Waals surface area (Å²) in [6, 6.07) is 0. The molecule has 0 fully saturated rings. The van der Waals surface area contributed by atoms with Gasteiger partial charge in [0, 0.05) is 21.0 Å². The monoisotopic (exact) mass is 164 g/mol. The number of hydrogen-bond acceptors (Lipinski definition) is 4. The summed E-state index contributed by atoms with van der Waals surface area (Å²) >= 11 is 0. The van der Waals surface area contributed by atoms with Crippen LogP contribution in [0.2, 0.25) is 0 Å². The van der Waals surface area contributed by atoms with Crippen molar-refractivity contribution < 1.29 is 14.5 Å². The van der Waals surface area contributed by atoms with E-state index in [1.54, 1.807) is 21.2 Å². The average Bonchev–Trinajstić information content (AvgIpc) is 2.03. The molecule has 68 valence electrons. The first-order valence-electron chi connectivity index (χ1n) is 3.08. The predicted octanol–water partition coefficient (Wildman–Crippen LogP) is -0.207. The Balaban J connectivity index is 0. The van der Waals surface area contributed by atoms with Gasteiger partial charge in [0.2, 0.25) is 5.91 Å². The van der Waals surface area contributed by atoms with Gasteiger partial charge in [-0.1, -0.05) is 0 Å². The summed E-state index contributed by atoms with van der Waals surface area (Å²) in [5.74, 6) is -0.0949. The quantitative estimate of drug-likeness (QED) is 0.574.